The van der Waals surface area contributed by atoms with Crippen molar-refractivity contribution in [3.8, 4) is 0 Å². The highest BCUT2D eigenvalue weighted by molar-refractivity contribution is 9.09. The van der Waals surface area contributed by atoms with E-state index in [9.17, 15) is 14.7 Å². The maximum Gasteiger partial charge on any atom is 0.336 e. The molecule has 5 N–H and O–H groups in total. The van der Waals surface area contributed by atoms with Crippen molar-refractivity contribution in [2.75, 3.05) is 16.4 Å². The maximum absolute atomic E-state index is 11.7. The van der Waals surface area contributed by atoms with Gasteiger partial charge in [0.05, 0.1) is 5.69 Å². The molecule has 184 valence electrons. The van der Waals surface area contributed by atoms with Gasteiger partial charge in [-0.3, -0.25) is 4.79 Å². The summed E-state index contributed by atoms with van der Waals surface area (Å²) < 4.78 is 0. The fourth-order valence-corrected chi connectivity index (χ4v) is 2.11. The monoisotopic (exact) mass is 599 g/mol. The summed E-state index contributed by atoms with van der Waals surface area (Å²) in [5.41, 5.74) is 3.61. The summed E-state index contributed by atoms with van der Waals surface area (Å²) in [4.78, 5) is 35.4. The molecule has 0 amide bonds. The van der Waals surface area contributed by atoms with Gasteiger partial charge in [-0.1, -0.05) is 58.5 Å². The number of nitrogens with two attached hydrogens (primary N) is 1. The van der Waals surface area contributed by atoms with Crippen molar-refractivity contribution >= 4 is 60.9 Å². The van der Waals surface area contributed by atoms with Crippen molar-refractivity contribution in [2.45, 2.75) is 38.9 Å². The zero-order valence-corrected chi connectivity index (χ0v) is 21.0. The summed E-state index contributed by atoms with van der Waals surface area (Å²) in [6.45, 7) is 16.0. The van der Waals surface area contributed by atoms with Crippen LogP contribution in [0.1, 0.15) is 26.8 Å². The fraction of sp³-hybridized carbons (Fsp3) is 0.364. The predicted molar refractivity (Wildman–Crippen MR) is 137 cm³/mol. The molecule has 2 atom stereocenters. The molecule has 0 saturated heterocycles. The van der Waals surface area contributed by atoms with E-state index in [0.29, 0.717) is 22.9 Å². The zero-order valence-electron chi connectivity index (χ0n) is 17.9. The molecule has 0 bridgehead atoms. The number of aliphatic hydroxyl groups is 2. The van der Waals surface area contributed by atoms with Gasteiger partial charge in [-0.25, -0.2) is 4.79 Å². The third-order valence-electron chi connectivity index (χ3n) is 3.76. The number of anilines is 1. The molecular weight excluding hydrogens is 574 g/mol. The number of Topliss-reactive ketones (excluding diaryl/α,β-unsaturated/α-hetero) is 1. The van der Waals surface area contributed by atoms with Gasteiger partial charge in [0, 0.05) is 22.6 Å². The minimum absolute atomic E-state index is 0. The minimum Gasteiger partial charge on any atom is -0.479 e. The molecule has 10 nitrogen and oxygen atoms in total. The van der Waals surface area contributed by atoms with Crippen LogP contribution in [0.3, 0.4) is 0 Å². The molecule has 2 aromatic rings. The first kappa shape index (κ1) is 33.3. The van der Waals surface area contributed by atoms with E-state index in [1.165, 1.54) is 26.2 Å². The molecule has 12 heteroatoms. The number of nitrogen functional groups attached to an aromatic ring is 1. The Morgan fingerprint density at radius 1 is 0.971 bits per heavy atom. The Morgan fingerprint density at radius 2 is 1.44 bits per heavy atom. The lowest BCUT2D eigenvalue weighted by molar-refractivity contribution is -0.154. The number of hydrogen-bond donors (Lipinski definition) is 4. The lowest BCUT2D eigenvalue weighted by Gasteiger charge is -2.18. The minimum atomic E-state index is -1.62. The number of hydrogen-bond acceptors (Lipinski definition) is 7. The molecule has 0 radical (unpaired) electrons. The Morgan fingerprint density at radius 3 is 1.74 bits per heavy atom. The van der Waals surface area contributed by atoms with E-state index in [-0.39, 0.29) is 30.3 Å². The van der Waals surface area contributed by atoms with Crippen LogP contribution in [0.25, 0.3) is 9.69 Å². The molecule has 0 unspecified atom stereocenters. The van der Waals surface area contributed by atoms with Gasteiger partial charge in [-0.05, 0) is 32.0 Å². The number of carbonyl (C=O) groups excluding carboxylic acids is 1. The van der Waals surface area contributed by atoms with Crippen LogP contribution in [0.4, 0.5) is 17.3 Å². The first-order valence-corrected chi connectivity index (χ1v) is 11.3. The van der Waals surface area contributed by atoms with Gasteiger partial charge in [-0.2, -0.15) is 0 Å². The predicted octanol–water partition coefficient (Wildman–Crippen LogP) is 3.96. The molecule has 0 aliphatic carbocycles. The summed E-state index contributed by atoms with van der Waals surface area (Å²) in [5.74, 6) is -0.816. The second-order valence-electron chi connectivity index (χ2n) is 6.92. The van der Waals surface area contributed by atoms with Gasteiger partial charge < -0.3 is 30.7 Å². The van der Waals surface area contributed by atoms with E-state index < -0.39 is 17.2 Å². The lowest BCUT2D eigenvalue weighted by Crippen LogP contribution is -2.38. The van der Waals surface area contributed by atoms with Crippen LogP contribution in [0.15, 0.2) is 36.7 Å². The van der Waals surface area contributed by atoms with Gasteiger partial charge >= 0.3 is 5.97 Å². The van der Waals surface area contributed by atoms with Gasteiger partial charge in [-0.15, -0.1) is 9.97 Å². The summed E-state index contributed by atoms with van der Waals surface area (Å²) in [7, 11) is 0. The number of ketones is 1. The normalized spacial score (nSPS) is 12.8. The Balaban J connectivity index is 0. The number of aromatic nitrogens is 2. The lowest BCUT2D eigenvalue weighted by atomic mass is 9.98. The van der Waals surface area contributed by atoms with Gasteiger partial charge in [0.2, 0.25) is 0 Å². The molecular formula is C22H27Br2N5O5. The van der Waals surface area contributed by atoms with Crippen molar-refractivity contribution in [3.05, 3.63) is 65.1 Å². The summed E-state index contributed by atoms with van der Waals surface area (Å²) in [5, 5.41) is 26.9. The standard InChI is InChI=1S/C11H11BrN2O2.C6H5N3.C4H7BrO3.CH4/c1-11(16,7-12)9(15)5-8-3-4-10(13-2)14-6-8;1-8-6-3-2-5(7)4-9-6;1-4(8,2-5)3(6)7;/h3-4,6,16H,5,7H2,1H3;2-4H,7H2;8H,2H2,1H3,(H,6,7);1H4/t11-;;4-;/m0.0./s1. The summed E-state index contributed by atoms with van der Waals surface area (Å²) in [6, 6.07) is 6.46. The maximum atomic E-state index is 11.7. The first-order valence-electron chi connectivity index (χ1n) is 9.07. The summed E-state index contributed by atoms with van der Waals surface area (Å²) >= 11 is 5.92. The van der Waals surface area contributed by atoms with Crippen molar-refractivity contribution in [3.63, 3.8) is 0 Å². The highest BCUT2D eigenvalue weighted by Crippen LogP contribution is 2.14. The zero-order chi connectivity index (χ0) is 25.7. The van der Waals surface area contributed by atoms with Crippen molar-refractivity contribution in [2.24, 2.45) is 0 Å². The number of halogens is 2. The molecule has 34 heavy (non-hydrogen) atoms. The second-order valence-corrected chi connectivity index (χ2v) is 8.04. The van der Waals surface area contributed by atoms with Crippen LogP contribution < -0.4 is 5.73 Å². The van der Waals surface area contributed by atoms with Crippen LogP contribution in [0.5, 0.6) is 0 Å². The van der Waals surface area contributed by atoms with E-state index in [2.05, 4.69) is 51.5 Å². The van der Waals surface area contributed by atoms with Gasteiger partial charge in [0.1, 0.15) is 18.0 Å². The quantitative estimate of drug-likeness (QED) is 0.287. The number of alkyl halides is 2. The number of aliphatic carboxylic acids is 1. The van der Waals surface area contributed by atoms with E-state index in [0.717, 1.165) is 0 Å². The number of rotatable bonds is 6. The summed E-state index contributed by atoms with van der Waals surface area (Å²) in [6.07, 6.45) is 3.06. The van der Waals surface area contributed by atoms with Crippen LogP contribution in [0.2, 0.25) is 0 Å². The molecule has 0 aromatic carbocycles. The first-order chi connectivity index (χ1) is 15.3. The topological polar surface area (TPSA) is 155 Å². The van der Waals surface area contributed by atoms with Gasteiger partial charge in [0.15, 0.2) is 11.4 Å². The van der Waals surface area contributed by atoms with Crippen molar-refractivity contribution < 1.29 is 24.9 Å². The average Bonchev–Trinajstić information content (AvgIpc) is 2.80. The third-order valence-corrected chi connectivity index (χ3v) is 5.94. The van der Waals surface area contributed by atoms with Crippen LogP contribution >= 0.6 is 31.9 Å². The van der Waals surface area contributed by atoms with E-state index in [1.54, 1.807) is 24.3 Å². The Bertz CT molecular complexity index is 998. The average molecular weight is 601 g/mol. The highest BCUT2D eigenvalue weighted by Gasteiger charge is 2.28. The molecule has 0 spiro atoms. The fourth-order valence-electron chi connectivity index (χ4n) is 1.56. The molecule has 2 heterocycles. The number of carboxylic acids is 1. The highest BCUT2D eigenvalue weighted by atomic mass is 79.9. The van der Waals surface area contributed by atoms with Crippen LogP contribution in [-0.2, 0) is 16.0 Å². The molecule has 0 fully saturated rings. The van der Waals surface area contributed by atoms with E-state index >= 15 is 0 Å². The molecule has 0 saturated carbocycles. The second kappa shape index (κ2) is 15.9. The van der Waals surface area contributed by atoms with Crippen molar-refractivity contribution in [1.29, 1.82) is 0 Å². The van der Waals surface area contributed by atoms with Gasteiger partial charge in [0.25, 0.3) is 11.6 Å². The molecule has 2 aromatic heterocycles. The molecule has 2 rings (SSSR count). The number of carboxylic acid groups (broad SMARTS) is 1. The third kappa shape index (κ3) is 12.4. The Kier molecular flexibility index (Phi) is 15.5. The Hall–Kier alpha value is -2.90. The van der Waals surface area contributed by atoms with E-state index in [4.69, 9.17) is 29.1 Å². The number of pyridine rings is 2. The SMILES string of the molecule is C.C[C@](O)(CBr)C(=O)O.[C-]#[N+]c1ccc(CC(=O)[C@@](C)(O)CBr)cn1.[C-]#[N+]c1ccc(N)cn1. The van der Waals surface area contributed by atoms with Crippen LogP contribution in [-0.4, -0.2) is 58.9 Å². The van der Waals surface area contributed by atoms with Crippen molar-refractivity contribution in [1.82, 2.24) is 9.97 Å². The molecule has 0 aliphatic heterocycles. The smallest absolute Gasteiger partial charge is 0.336 e. The molecule has 0 aliphatic rings. The Labute approximate surface area is 215 Å². The number of carbonyl (C=O) groups is 2. The van der Waals surface area contributed by atoms with Crippen LogP contribution in [0, 0.1) is 13.1 Å². The largest absolute Gasteiger partial charge is 0.479 e. The van der Waals surface area contributed by atoms with E-state index in [1.807, 2.05) is 0 Å². The number of nitrogens with zero attached hydrogens (tertiary/aromatic N) is 4.